The molecule has 1 aromatic heterocycles. The maximum atomic E-state index is 5.66. The van der Waals surface area contributed by atoms with Crippen LogP contribution in [0.3, 0.4) is 0 Å². The Kier molecular flexibility index (Phi) is 7.73. The SMILES string of the molecule is CCCNC(Cc1ccco1)C(OCC)OCC. The molecule has 0 fully saturated rings. The molecule has 18 heavy (non-hydrogen) atoms. The van der Waals surface area contributed by atoms with Crippen molar-refractivity contribution in [2.24, 2.45) is 0 Å². The third kappa shape index (κ3) is 5.21. The van der Waals surface area contributed by atoms with Gasteiger partial charge in [0.15, 0.2) is 6.29 Å². The van der Waals surface area contributed by atoms with Gasteiger partial charge in [0.2, 0.25) is 0 Å². The van der Waals surface area contributed by atoms with Crippen LogP contribution < -0.4 is 5.32 Å². The molecule has 104 valence electrons. The Morgan fingerprint density at radius 3 is 2.44 bits per heavy atom. The van der Waals surface area contributed by atoms with Crippen molar-refractivity contribution in [3.63, 3.8) is 0 Å². The normalized spacial score (nSPS) is 13.1. The van der Waals surface area contributed by atoms with Gasteiger partial charge in [-0.3, -0.25) is 0 Å². The van der Waals surface area contributed by atoms with Crippen LogP contribution in [-0.4, -0.2) is 32.1 Å². The Morgan fingerprint density at radius 2 is 1.94 bits per heavy atom. The van der Waals surface area contributed by atoms with Crippen LogP contribution in [0.25, 0.3) is 0 Å². The molecule has 1 aromatic rings. The molecule has 0 amide bonds. The number of nitrogens with one attached hydrogen (secondary N) is 1. The van der Waals surface area contributed by atoms with E-state index in [2.05, 4.69) is 12.2 Å². The molecule has 4 nitrogen and oxygen atoms in total. The first-order valence-corrected chi connectivity index (χ1v) is 6.80. The summed E-state index contributed by atoms with van der Waals surface area (Å²) in [6.45, 7) is 8.35. The molecule has 0 radical (unpaired) electrons. The summed E-state index contributed by atoms with van der Waals surface area (Å²) in [5.41, 5.74) is 0. The van der Waals surface area contributed by atoms with Gasteiger partial charge in [0, 0.05) is 19.6 Å². The van der Waals surface area contributed by atoms with E-state index < -0.39 is 0 Å². The topological polar surface area (TPSA) is 43.6 Å². The molecule has 1 atom stereocenters. The predicted molar refractivity (Wildman–Crippen MR) is 71.5 cm³/mol. The first-order chi connectivity index (χ1) is 8.81. The summed E-state index contributed by atoms with van der Waals surface area (Å²) in [4.78, 5) is 0. The third-order valence-corrected chi connectivity index (χ3v) is 2.65. The quantitative estimate of drug-likeness (QED) is 0.653. The Labute approximate surface area is 110 Å². The van der Waals surface area contributed by atoms with E-state index in [1.807, 2.05) is 26.0 Å². The van der Waals surface area contributed by atoms with Crippen molar-refractivity contribution in [1.82, 2.24) is 5.32 Å². The van der Waals surface area contributed by atoms with Crippen molar-refractivity contribution >= 4 is 0 Å². The summed E-state index contributed by atoms with van der Waals surface area (Å²) >= 11 is 0. The fourth-order valence-electron chi connectivity index (χ4n) is 1.85. The van der Waals surface area contributed by atoms with E-state index in [-0.39, 0.29) is 12.3 Å². The van der Waals surface area contributed by atoms with Crippen molar-refractivity contribution < 1.29 is 13.9 Å². The van der Waals surface area contributed by atoms with Crippen molar-refractivity contribution in [2.45, 2.75) is 45.9 Å². The standard InChI is InChI=1S/C14H25NO3/c1-4-9-15-13(11-12-8-7-10-18-12)14(16-5-2)17-6-3/h7-8,10,13-15H,4-6,9,11H2,1-3H3. The second kappa shape index (κ2) is 9.14. The molecular formula is C14H25NO3. The van der Waals surface area contributed by atoms with Crippen LogP contribution in [0.5, 0.6) is 0 Å². The molecule has 1 heterocycles. The number of ether oxygens (including phenoxy) is 2. The van der Waals surface area contributed by atoms with Gasteiger partial charge in [-0.1, -0.05) is 6.92 Å². The minimum Gasteiger partial charge on any atom is -0.469 e. The zero-order valence-corrected chi connectivity index (χ0v) is 11.6. The molecule has 4 heteroatoms. The molecule has 0 saturated heterocycles. The fourth-order valence-corrected chi connectivity index (χ4v) is 1.85. The summed E-state index contributed by atoms with van der Waals surface area (Å²) in [7, 11) is 0. The lowest BCUT2D eigenvalue weighted by Crippen LogP contribution is -2.45. The predicted octanol–water partition coefficient (Wildman–Crippen LogP) is 2.59. The maximum absolute atomic E-state index is 5.66. The first-order valence-electron chi connectivity index (χ1n) is 6.80. The Morgan fingerprint density at radius 1 is 1.22 bits per heavy atom. The molecule has 0 aliphatic carbocycles. The van der Waals surface area contributed by atoms with E-state index in [1.165, 1.54) is 0 Å². The van der Waals surface area contributed by atoms with Gasteiger partial charge < -0.3 is 19.2 Å². The highest BCUT2D eigenvalue weighted by Gasteiger charge is 2.23. The third-order valence-electron chi connectivity index (χ3n) is 2.65. The van der Waals surface area contributed by atoms with Crippen LogP contribution in [0.2, 0.25) is 0 Å². The molecule has 0 bridgehead atoms. The lowest BCUT2D eigenvalue weighted by Gasteiger charge is -2.27. The molecule has 1 unspecified atom stereocenters. The highest BCUT2D eigenvalue weighted by Crippen LogP contribution is 2.11. The lowest BCUT2D eigenvalue weighted by atomic mass is 10.1. The van der Waals surface area contributed by atoms with E-state index in [4.69, 9.17) is 13.9 Å². The number of hydrogen-bond acceptors (Lipinski definition) is 4. The van der Waals surface area contributed by atoms with Gasteiger partial charge in [-0.25, -0.2) is 0 Å². The van der Waals surface area contributed by atoms with Crippen molar-refractivity contribution in [1.29, 1.82) is 0 Å². The van der Waals surface area contributed by atoms with Crippen LogP contribution in [0.1, 0.15) is 33.0 Å². The first kappa shape index (κ1) is 15.2. The summed E-state index contributed by atoms with van der Waals surface area (Å²) < 4.78 is 16.7. The average Bonchev–Trinajstić information content (AvgIpc) is 2.87. The average molecular weight is 255 g/mol. The van der Waals surface area contributed by atoms with Gasteiger partial charge in [0.1, 0.15) is 5.76 Å². The Bertz CT molecular complexity index is 281. The fraction of sp³-hybridized carbons (Fsp3) is 0.714. The molecule has 0 aliphatic heterocycles. The summed E-state index contributed by atoms with van der Waals surface area (Å²) in [6.07, 6.45) is 3.33. The van der Waals surface area contributed by atoms with E-state index >= 15 is 0 Å². The number of hydrogen-bond donors (Lipinski definition) is 1. The van der Waals surface area contributed by atoms with E-state index in [1.54, 1.807) is 6.26 Å². The molecule has 1 N–H and O–H groups in total. The van der Waals surface area contributed by atoms with Crippen molar-refractivity contribution in [2.75, 3.05) is 19.8 Å². The second-order valence-corrected chi connectivity index (χ2v) is 4.12. The highest BCUT2D eigenvalue weighted by molar-refractivity contribution is 5.01. The zero-order valence-electron chi connectivity index (χ0n) is 11.6. The van der Waals surface area contributed by atoms with Crippen LogP contribution in [-0.2, 0) is 15.9 Å². The van der Waals surface area contributed by atoms with Gasteiger partial charge in [-0.15, -0.1) is 0 Å². The van der Waals surface area contributed by atoms with E-state index in [0.29, 0.717) is 13.2 Å². The smallest absolute Gasteiger partial charge is 0.173 e. The van der Waals surface area contributed by atoms with E-state index in [9.17, 15) is 0 Å². The second-order valence-electron chi connectivity index (χ2n) is 4.12. The molecule has 0 aliphatic rings. The Balaban J connectivity index is 2.61. The number of rotatable bonds is 10. The van der Waals surface area contributed by atoms with Gasteiger partial charge in [-0.05, 0) is 38.9 Å². The minimum atomic E-state index is -0.225. The van der Waals surface area contributed by atoms with Crippen LogP contribution >= 0.6 is 0 Å². The van der Waals surface area contributed by atoms with Gasteiger partial charge in [0.05, 0.1) is 12.3 Å². The molecule has 1 rings (SSSR count). The molecular weight excluding hydrogens is 230 g/mol. The monoisotopic (exact) mass is 255 g/mol. The van der Waals surface area contributed by atoms with Crippen molar-refractivity contribution in [3.8, 4) is 0 Å². The molecule has 0 spiro atoms. The lowest BCUT2D eigenvalue weighted by molar-refractivity contribution is -0.154. The number of furan rings is 1. The summed E-state index contributed by atoms with van der Waals surface area (Å²) in [5.74, 6) is 0.952. The summed E-state index contributed by atoms with van der Waals surface area (Å²) in [6, 6.07) is 4.01. The molecule has 0 saturated carbocycles. The van der Waals surface area contributed by atoms with Gasteiger partial charge >= 0.3 is 0 Å². The maximum Gasteiger partial charge on any atom is 0.173 e. The molecule has 0 aromatic carbocycles. The minimum absolute atomic E-state index is 0.121. The van der Waals surface area contributed by atoms with E-state index in [0.717, 1.165) is 25.1 Å². The van der Waals surface area contributed by atoms with Crippen LogP contribution in [0.4, 0.5) is 0 Å². The Hall–Kier alpha value is -0.840. The summed E-state index contributed by atoms with van der Waals surface area (Å²) in [5, 5.41) is 3.47. The highest BCUT2D eigenvalue weighted by atomic mass is 16.7. The van der Waals surface area contributed by atoms with Crippen LogP contribution in [0.15, 0.2) is 22.8 Å². The zero-order chi connectivity index (χ0) is 13.2. The van der Waals surface area contributed by atoms with Crippen LogP contribution in [0, 0.1) is 0 Å². The van der Waals surface area contributed by atoms with Gasteiger partial charge in [0.25, 0.3) is 0 Å². The van der Waals surface area contributed by atoms with Crippen molar-refractivity contribution in [3.05, 3.63) is 24.2 Å². The van der Waals surface area contributed by atoms with Gasteiger partial charge in [-0.2, -0.15) is 0 Å². The largest absolute Gasteiger partial charge is 0.469 e.